The van der Waals surface area contributed by atoms with E-state index in [1.165, 1.54) is 96.0 Å². The first-order chi connectivity index (χ1) is 24.8. The average molecular weight is 721 g/mol. The molecule has 0 rings (SSSR count). The van der Waals surface area contributed by atoms with E-state index in [-0.39, 0.29) is 31.8 Å². The molecule has 8 nitrogen and oxygen atoms in total. The van der Waals surface area contributed by atoms with Gasteiger partial charge in [-0.15, -0.1) is 0 Å². The number of allylic oxidation sites excluding steroid dienone is 6. The summed E-state index contributed by atoms with van der Waals surface area (Å²) < 4.78 is 10.4. The first-order valence-corrected chi connectivity index (χ1v) is 20.5. The van der Waals surface area contributed by atoms with Crippen LogP contribution in [0.1, 0.15) is 174 Å². The van der Waals surface area contributed by atoms with E-state index in [1.807, 2.05) is 6.08 Å². The fourth-order valence-electron chi connectivity index (χ4n) is 5.70. The van der Waals surface area contributed by atoms with Crippen molar-refractivity contribution in [3.05, 3.63) is 48.6 Å². The Balaban J connectivity index is 3.87. The average Bonchev–Trinajstić information content (AvgIpc) is 3.12. The molecule has 0 radical (unpaired) electrons. The molecule has 0 fully saturated rings. The normalized spacial score (nSPS) is 14.5. The maximum atomic E-state index is 12.2. The number of hydrogen-bond acceptors (Lipinski definition) is 8. The quantitative estimate of drug-likeness (QED) is 0.0286. The molecule has 0 aromatic rings. The van der Waals surface area contributed by atoms with Crippen LogP contribution in [0.3, 0.4) is 0 Å². The highest BCUT2D eigenvalue weighted by atomic mass is 16.6. The molecule has 0 unspecified atom stereocenters. The smallest absolute Gasteiger partial charge is 0.306 e. The maximum Gasteiger partial charge on any atom is 0.306 e. The van der Waals surface area contributed by atoms with Crippen LogP contribution in [0, 0.1) is 0 Å². The van der Waals surface area contributed by atoms with Crippen molar-refractivity contribution in [2.24, 2.45) is 0 Å². The molecule has 0 aromatic carbocycles. The van der Waals surface area contributed by atoms with Crippen molar-refractivity contribution in [3.63, 3.8) is 0 Å². The van der Waals surface area contributed by atoms with Gasteiger partial charge in [0.1, 0.15) is 6.61 Å². The molecule has 0 aliphatic carbocycles. The number of unbranched alkanes of at least 4 members (excludes halogenated alkanes) is 18. The lowest BCUT2D eigenvalue weighted by molar-refractivity contribution is -0.161. The van der Waals surface area contributed by atoms with Crippen LogP contribution in [0.15, 0.2) is 48.6 Å². The fraction of sp³-hybridized carbons (Fsp3) is 0.767. The van der Waals surface area contributed by atoms with Gasteiger partial charge < -0.3 is 29.9 Å². The largest absolute Gasteiger partial charge is 0.462 e. The highest BCUT2D eigenvalue weighted by Gasteiger charge is 2.18. The Morgan fingerprint density at radius 1 is 0.529 bits per heavy atom. The van der Waals surface area contributed by atoms with E-state index in [0.717, 1.165) is 44.9 Å². The lowest BCUT2D eigenvalue weighted by atomic mass is 10.0. The molecule has 4 atom stereocenters. The van der Waals surface area contributed by atoms with Gasteiger partial charge in [-0.1, -0.05) is 184 Å². The maximum absolute atomic E-state index is 12.2. The number of carbonyl (C=O) groups is 2. The van der Waals surface area contributed by atoms with Crippen LogP contribution in [0.5, 0.6) is 0 Å². The van der Waals surface area contributed by atoms with Gasteiger partial charge in [-0.05, 0) is 25.7 Å². The Kier molecular flexibility index (Phi) is 35.8. The molecule has 0 amide bonds. The fourth-order valence-corrected chi connectivity index (χ4v) is 5.70. The molecule has 0 bridgehead atoms. The van der Waals surface area contributed by atoms with Crippen molar-refractivity contribution in [2.45, 2.75) is 199 Å². The van der Waals surface area contributed by atoms with Crippen molar-refractivity contribution in [1.82, 2.24) is 0 Å². The number of esters is 2. The molecule has 8 heteroatoms. The molecular formula is C43H76O8. The summed E-state index contributed by atoms with van der Waals surface area (Å²) in [5.74, 6) is -0.918. The minimum Gasteiger partial charge on any atom is -0.462 e. The SMILES string of the molecule is CCCCCCCCCCCCCCCCCCCC(=O)OC[C@H](CO)OC(=O)CCC[C@H](O)[C@@H](O)/C=C/C=C/C=C\C=C\[C@@H](O)CCCCC. The summed E-state index contributed by atoms with van der Waals surface area (Å²) in [5, 5.41) is 39.7. The van der Waals surface area contributed by atoms with E-state index in [9.17, 15) is 30.0 Å². The van der Waals surface area contributed by atoms with Crippen LogP contribution in [0.2, 0.25) is 0 Å². The zero-order chi connectivity index (χ0) is 37.6. The summed E-state index contributed by atoms with van der Waals surface area (Å²) in [4.78, 5) is 24.3. The first-order valence-electron chi connectivity index (χ1n) is 20.5. The van der Waals surface area contributed by atoms with Gasteiger partial charge in [-0.25, -0.2) is 0 Å². The Hall–Kier alpha value is -2.26. The lowest BCUT2D eigenvalue weighted by Gasteiger charge is -2.17. The molecule has 0 aliphatic rings. The predicted octanol–water partition coefficient (Wildman–Crippen LogP) is 9.53. The molecule has 0 saturated heterocycles. The standard InChI is InChI=1S/C43H76O8/c1-3-5-7-8-9-10-11-12-13-14-15-16-17-18-19-24-28-34-42(48)50-37-39(36-44)51-43(49)35-29-33-41(47)40(46)32-27-23-21-20-22-26-31-38(45)30-25-6-4-2/h20-23,26-27,31-32,38-41,44-47H,3-19,24-25,28-30,33-37H2,1-2H3/b22-20-,23-21+,31-26+,32-27+/t38-,39-,40-,41-/m0/s1. The van der Waals surface area contributed by atoms with Crippen molar-refractivity contribution in [2.75, 3.05) is 13.2 Å². The zero-order valence-corrected chi connectivity index (χ0v) is 32.4. The second-order valence-electron chi connectivity index (χ2n) is 13.9. The van der Waals surface area contributed by atoms with E-state index in [1.54, 1.807) is 36.5 Å². The number of aliphatic hydroxyl groups is 4. The summed E-state index contributed by atoms with van der Waals surface area (Å²) in [6.07, 6.45) is 36.8. The second-order valence-corrected chi connectivity index (χ2v) is 13.9. The summed E-state index contributed by atoms with van der Waals surface area (Å²) in [6.45, 7) is 3.75. The van der Waals surface area contributed by atoms with E-state index in [2.05, 4.69) is 13.8 Å². The number of carbonyl (C=O) groups excluding carboxylic acids is 2. The Bertz CT molecular complexity index is 912. The van der Waals surface area contributed by atoms with Crippen LogP contribution in [-0.4, -0.2) is 70.0 Å². The van der Waals surface area contributed by atoms with Crippen molar-refractivity contribution in [3.8, 4) is 0 Å². The molecule has 0 aliphatic heterocycles. The monoisotopic (exact) mass is 721 g/mol. The van der Waals surface area contributed by atoms with Crippen molar-refractivity contribution < 1.29 is 39.5 Å². The van der Waals surface area contributed by atoms with Gasteiger partial charge >= 0.3 is 11.9 Å². The predicted molar refractivity (Wildman–Crippen MR) is 209 cm³/mol. The van der Waals surface area contributed by atoms with Gasteiger partial charge in [0, 0.05) is 12.8 Å². The highest BCUT2D eigenvalue weighted by Crippen LogP contribution is 2.15. The molecule has 51 heavy (non-hydrogen) atoms. The summed E-state index contributed by atoms with van der Waals surface area (Å²) in [7, 11) is 0. The van der Waals surface area contributed by atoms with E-state index >= 15 is 0 Å². The molecule has 4 N–H and O–H groups in total. The highest BCUT2D eigenvalue weighted by molar-refractivity contribution is 5.70. The Morgan fingerprint density at radius 3 is 1.51 bits per heavy atom. The minimum atomic E-state index is -1.09. The molecule has 0 heterocycles. The van der Waals surface area contributed by atoms with E-state index in [4.69, 9.17) is 9.47 Å². The van der Waals surface area contributed by atoms with Crippen LogP contribution in [0.25, 0.3) is 0 Å². The van der Waals surface area contributed by atoms with Gasteiger partial charge in [-0.3, -0.25) is 9.59 Å². The third-order valence-corrected chi connectivity index (χ3v) is 8.99. The van der Waals surface area contributed by atoms with Crippen LogP contribution in [-0.2, 0) is 19.1 Å². The van der Waals surface area contributed by atoms with E-state index < -0.39 is 37.0 Å². The number of hydrogen-bond donors (Lipinski definition) is 4. The van der Waals surface area contributed by atoms with E-state index in [0.29, 0.717) is 6.42 Å². The first kappa shape index (κ1) is 48.7. The second kappa shape index (κ2) is 37.5. The molecule has 0 aromatic heterocycles. The molecule has 0 saturated carbocycles. The van der Waals surface area contributed by atoms with Crippen molar-refractivity contribution >= 4 is 11.9 Å². The van der Waals surface area contributed by atoms with Crippen LogP contribution < -0.4 is 0 Å². The number of aliphatic hydroxyl groups excluding tert-OH is 4. The Morgan fingerprint density at radius 2 is 0.980 bits per heavy atom. The van der Waals surface area contributed by atoms with Gasteiger partial charge in [-0.2, -0.15) is 0 Å². The summed E-state index contributed by atoms with van der Waals surface area (Å²) >= 11 is 0. The number of ether oxygens (including phenoxy) is 2. The van der Waals surface area contributed by atoms with Crippen molar-refractivity contribution in [1.29, 1.82) is 0 Å². The third kappa shape index (κ3) is 34.6. The van der Waals surface area contributed by atoms with Crippen LogP contribution in [0.4, 0.5) is 0 Å². The molecule has 296 valence electrons. The van der Waals surface area contributed by atoms with Gasteiger partial charge in [0.25, 0.3) is 0 Å². The lowest BCUT2D eigenvalue weighted by Crippen LogP contribution is -2.29. The van der Waals surface area contributed by atoms with Gasteiger partial charge in [0.05, 0.1) is 24.9 Å². The summed E-state index contributed by atoms with van der Waals surface area (Å²) in [5.41, 5.74) is 0. The molecular weight excluding hydrogens is 644 g/mol. The van der Waals surface area contributed by atoms with Gasteiger partial charge in [0.15, 0.2) is 6.10 Å². The number of rotatable bonds is 36. The zero-order valence-electron chi connectivity index (χ0n) is 32.4. The minimum absolute atomic E-state index is 0.00269. The third-order valence-electron chi connectivity index (χ3n) is 8.99. The topological polar surface area (TPSA) is 134 Å². The van der Waals surface area contributed by atoms with Crippen LogP contribution >= 0.6 is 0 Å². The molecule has 0 spiro atoms. The summed E-state index contributed by atoms with van der Waals surface area (Å²) in [6, 6.07) is 0. The van der Waals surface area contributed by atoms with Gasteiger partial charge in [0.2, 0.25) is 0 Å². The Labute approximate surface area is 311 Å².